The van der Waals surface area contributed by atoms with Crippen LogP contribution < -0.4 is 5.32 Å². The molecule has 16 heavy (non-hydrogen) atoms. The second-order valence-electron chi connectivity index (χ2n) is 3.99. The van der Waals surface area contributed by atoms with Gasteiger partial charge in [0, 0.05) is 13.1 Å². The fourth-order valence-electron chi connectivity index (χ4n) is 1.12. The average Bonchev–Trinajstić information content (AvgIpc) is 2.27. The minimum Gasteiger partial charge on any atom is -0.346 e. The van der Waals surface area contributed by atoms with Crippen LogP contribution in [0.3, 0.4) is 0 Å². The number of carbonyl (C=O) groups excluding carboxylic acids is 2. The molecule has 0 aromatic rings. The predicted octanol–water partition coefficient (Wildman–Crippen LogP) is 0.521. The van der Waals surface area contributed by atoms with E-state index in [4.69, 9.17) is 5.26 Å². The quantitative estimate of drug-likeness (QED) is 0.741. The zero-order valence-electron chi connectivity index (χ0n) is 10.3. The molecule has 0 fully saturated rings. The molecule has 5 nitrogen and oxygen atoms in total. The Labute approximate surface area is 96.4 Å². The number of nitrogens with zero attached hydrogens (tertiary/aromatic N) is 2. The molecule has 0 rings (SSSR count). The van der Waals surface area contributed by atoms with Crippen LogP contribution in [0.1, 0.15) is 27.7 Å². The molecule has 1 N–H and O–H groups in total. The first-order valence-electron chi connectivity index (χ1n) is 5.36. The van der Waals surface area contributed by atoms with E-state index in [1.165, 1.54) is 13.8 Å². The molecular weight excluding hydrogens is 206 g/mol. The number of hydrogen-bond acceptors (Lipinski definition) is 3. The summed E-state index contributed by atoms with van der Waals surface area (Å²) in [5.74, 6) is -0.553. The highest BCUT2D eigenvalue weighted by Gasteiger charge is 2.27. The van der Waals surface area contributed by atoms with Gasteiger partial charge in [-0.2, -0.15) is 5.26 Å². The van der Waals surface area contributed by atoms with Crippen molar-refractivity contribution in [3.05, 3.63) is 0 Å². The molecule has 0 heterocycles. The van der Waals surface area contributed by atoms with E-state index in [1.54, 1.807) is 4.90 Å². The van der Waals surface area contributed by atoms with E-state index >= 15 is 0 Å². The van der Waals surface area contributed by atoms with Gasteiger partial charge in [-0.05, 0) is 27.7 Å². The smallest absolute Gasteiger partial charge is 0.241 e. The lowest BCUT2D eigenvalue weighted by atomic mass is 9.95. The third-order valence-electron chi connectivity index (χ3n) is 2.36. The topological polar surface area (TPSA) is 73.2 Å². The number of nitriles is 1. The maximum absolute atomic E-state index is 11.6. The molecular formula is C11H19N3O2. The largest absolute Gasteiger partial charge is 0.346 e. The van der Waals surface area contributed by atoms with Gasteiger partial charge in [0.1, 0.15) is 5.41 Å². The molecule has 0 radical (unpaired) electrons. The van der Waals surface area contributed by atoms with Crippen molar-refractivity contribution in [2.45, 2.75) is 27.7 Å². The molecule has 0 spiro atoms. The summed E-state index contributed by atoms with van der Waals surface area (Å²) in [5.41, 5.74) is -1.09. The standard InChI is InChI=1S/C11H19N3O2/c1-5-14(6-2)9(15)7-13-10(16)11(3,4)8-12/h5-7H2,1-4H3,(H,13,16). The molecule has 0 aromatic heterocycles. The van der Waals surface area contributed by atoms with Crippen molar-refractivity contribution in [3.63, 3.8) is 0 Å². The van der Waals surface area contributed by atoms with Crippen LogP contribution in [0.2, 0.25) is 0 Å². The highest BCUT2D eigenvalue weighted by Crippen LogP contribution is 2.12. The second-order valence-corrected chi connectivity index (χ2v) is 3.99. The molecule has 90 valence electrons. The van der Waals surface area contributed by atoms with Crippen LogP contribution in [0, 0.1) is 16.7 Å². The summed E-state index contributed by atoms with van der Waals surface area (Å²) in [4.78, 5) is 24.7. The Morgan fingerprint density at radius 2 is 1.81 bits per heavy atom. The van der Waals surface area contributed by atoms with E-state index in [-0.39, 0.29) is 12.5 Å². The Hall–Kier alpha value is -1.57. The summed E-state index contributed by atoms with van der Waals surface area (Å²) < 4.78 is 0. The van der Waals surface area contributed by atoms with Crippen molar-refractivity contribution in [1.82, 2.24) is 10.2 Å². The maximum atomic E-state index is 11.6. The molecule has 0 atom stereocenters. The molecule has 0 bridgehead atoms. The van der Waals surface area contributed by atoms with Gasteiger partial charge in [-0.3, -0.25) is 9.59 Å². The highest BCUT2D eigenvalue weighted by atomic mass is 16.2. The van der Waals surface area contributed by atoms with E-state index in [2.05, 4.69) is 5.32 Å². The van der Waals surface area contributed by atoms with Gasteiger partial charge in [-0.1, -0.05) is 0 Å². The minimum atomic E-state index is -1.09. The van der Waals surface area contributed by atoms with Crippen LogP contribution in [-0.4, -0.2) is 36.3 Å². The van der Waals surface area contributed by atoms with Crippen LogP contribution >= 0.6 is 0 Å². The minimum absolute atomic E-state index is 0.0500. The Balaban J connectivity index is 4.23. The fourth-order valence-corrected chi connectivity index (χ4v) is 1.12. The van der Waals surface area contributed by atoms with E-state index in [1.807, 2.05) is 19.9 Å². The lowest BCUT2D eigenvalue weighted by Crippen LogP contribution is -2.43. The molecule has 0 aromatic carbocycles. The molecule has 0 saturated heterocycles. The fraction of sp³-hybridized carbons (Fsp3) is 0.727. The molecule has 0 aliphatic rings. The Morgan fingerprint density at radius 1 is 1.31 bits per heavy atom. The van der Waals surface area contributed by atoms with E-state index in [0.717, 1.165) is 0 Å². The van der Waals surface area contributed by atoms with E-state index in [0.29, 0.717) is 13.1 Å². The van der Waals surface area contributed by atoms with Crippen molar-refractivity contribution < 1.29 is 9.59 Å². The van der Waals surface area contributed by atoms with Gasteiger partial charge in [0.2, 0.25) is 11.8 Å². The first-order chi connectivity index (χ1) is 7.38. The number of likely N-dealkylation sites (N-methyl/N-ethyl adjacent to an activating group) is 1. The zero-order valence-corrected chi connectivity index (χ0v) is 10.3. The lowest BCUT2D eigenvalue weighted by Gasteiger charge is -2.20. The molecule has 5 heteroatoms. The van der Waals surface area contributed by atoms with Crippen molar-refractivity contribution in [1.29, 1.82) is 5.26 Å². The van der Waals surface area contributed by atoms with Crippen molar-refractivity contribution in [2.24, 2.45) is 5.41 Å². The summed E-state index contributed by atoms with van der Waals surface area (Å²) in [5, 5.41) is 11.2. The average molecular weight is 225 g/mol. The second kappa shape index (κ2) is 6.11. The van der Waals surface area contributed by atoms with Crippen LogP contribution in [0.15, 0.2) is 0 Å². The van der Waals surface area contributed by atoms with E-state index in [9.17, 15) is 9.59 Å². The third-order valence-corrected chi connectivity index (χ3v) is 2.36. The Bertz CT molecular complexity index is 301. The monoisotopic (exact) mass is 225 g/mol. The highest BCUT2D eigenvalue weighted by molar-refractivity contribution is 5.89. The number of nitrogens with one attached hydrogen (secondary N) is 1. The summed E-state index contributed by atoms with van der Waals surface area (Å²) in [6, 6.07) is 1.89. The third kappa shape index (κ3) is 3.89. The van der Waals surface area contributed by atoms with Crippen LogP contribution in [-0.2, 0) is 9.59 Å². The van der Waals surface area contributed by atoms with Crippen molar-refractivity contribution >= 4 is 11.8 Å². The molecule has 0 aliphatic heterocycles. The molecule has 0 unspecified atom stereocenters. The number of hydrogen-bond donors (Lipinski definition) is 1. The van der Waals surface area contributed by atoms with Gasteiger partial charge in [0.05, 0.1) is 12.6 Å². The normalized spacial score (nSPS) is 10.4. The predicted molar refractivity (Wildman–Crippen MR) is 60.3 cm³/mol. The van der Waals surface area contributed by atoms with Crippen LogP contribution in [0.25, 0.3) is 0 Å². The Kier molecular flexibility index (Phi) is 5.51. The van der Waals surface area contributed by atoms with Gasteiger partial charge in [0.15, 0.2) is 0 Å². The first-order valence-corrected chi connectivity index (χ1v) is 5.36. The van der Waals surface area contributed by atoms with Crippen molar-refractivity contribution in [2.75, 3.05) is 19.6 Å². The van der Waals surface area contributed by atoms with Gasteiger partial charge < -0.3 is 10.2 Å². The van der Waals surface area contributed by atoms with Crippen LogP contribution in [0.5, 0.6) is 0 Å². The molecule has 2 amide bonds. The SMILES string of the molecule is CCN(CC)C(=O)CNC(=O)C(C)(C)C#N. The van der Waals surface area contributed by atoms with Gasteiger partial charge >= 0.3 is 0 Å². The summed E-state index contributed by atoms with van der Waals surface area (Å²) in [6.07, 6.45) is 0. The number of carbonyl (C=O) groups is 2. The van der Waals surface area contributed by atoms with Gasteiger partial charge in [-0.25, -0.2) is 0 Å². The van der Waals surface area contributed by atoms with Crippen LogP contribution in [0.4, 0.5) is 0 Å². The summed E-state index contributed by atoms with van der Waals surface area (Å²) >= 11 is 0. The van der Waals surface area contributed by atoms with Gasteiger partial charge in [-0.15, -0.1) is 0 Å². The molecule has 0 aliphatic carbocycles. The number of amides is 2. The number of rotatable bonds is 5. The van der Waals surface area contributed by atoms with E-state index < -0.39 is 11.3 Å². The summed E-state index contributed by atoms with van der Waals surface area (Å²) in [7, 11) is 0. The summed E-state index contributed by atoms with van der Waals surface area (Å²) in [6.45, 7) is 7.98. The van der Waals surface area contributed by atoms with Crippen molar-refractivity contribution in [3.8, 4) is 6.07 Å². The maximum Gasteiger partial charge on any atom is 0.241 e. The lowest BCUT2D eigenvalue weighted by molar-refractivity contribution is -0.134. The first kappa shape index (κ1) is 14.4. The Morgan fingerprint density at radius 3 is 2.19 bits per heavy atom. The van der Waals surface area contributed by atoms with Gasteiger partial charge in [0.25, 0.3) is 0 Å². The zero-order chi connectivity index (χ0) is 12.8. The molecule has 0 saturated carbocycles.